The lowest BCUT2D eigenvalue weighted by atomic mass is 9.67. The number of anilines is 3. The van der Waals surface area contributed by atoms with Gasteiger partial charge in [0, 0.05) is 36.0 Å². The Balaban J connectivity index is 1.49. The summed E-state index contributed by atoms with van der Waals surface area (Å²) in [4.78, 5) is 46.4. The number of hydrogen-bond acceptors (Lipinski definition) is 5. The number of amides is 4. The van der Waals surface area contributed by atoms with Gasteiger partial charge in [0.05, 0.1) is 11.7 Å². The van der Waals surface area contributed by atoms with Crippen molar-refractivity contribution in [2.24, 2.45) is 5.41 Å². The Morgan fingerprint density at radius 2 is 1.60 bits per heavy atom. The molecule has 3 aromatic rings. The van der Waals surface area contributed by atoms with Crippen LogP contribution in [0.3, 0.4) is 0 Å². The summed E-state index contributed by atoms with van der Waals surface area (Å²) < 4.78 is 0. The molecule has 0 bridgehead atoms. The first-order chi connectivity index (χ1) is 17.0. The Labute approximate surface area is 207 Å². The molecule has 2 fully saturated rings. The summed E-state index contributed by atoms with van der Waals surface area (Å²) in [5.74, 6) is -1.07. The molecule has 3 heterocycles. The topological polar surface area (TPSA) is 73.0 Å². The Bertz CT molecular complexity index is 1350. The van der Waals surface area contributed by atoms with E-state index in [0.717, 1.165) is 28.4 Å². The molecule has 6 rings (SSSR count). The van der Waals surface area contributed by atoms with Crippen LogP contribution in [0.15, 0.2) is 78.9 Å². The van der Waals surface area contributed by atoms with Gasteiger partial charge in [0.1, 0.15) is 0 Å². The molecule has 8 heteroatoms. The van der Waals surface area contributed by atoms with E-state index in [2.05, 4.69) is 15.1 Å². The first kappa shape index (κ1) is 21.7. The molecule has 4 amide bonds. The average Bonchev–Trinajstić information content (AvgIpc) is 2.87. The van der Waals surface area contributed by atoms with Crippen molar-refractivity contribution in [3.05, 3.63) is 89.4 Å². The van der Waals surface area contributed by atoms with Crippen LogP contribution in [-0.4, -0.2) is 43.5 Å². The molecule has 3 aromatic carbocycles. The van der Waals surface area contributed by atoms with E-state index in [4.69, 9.17) is 11.6 Å². The van der Waals surface area contributed by atoms with Gasteiger partial charge < -0.3 is 9.80 Å². The van der Waals surface area contributed by atoms with Gasteiger partial charge in [-0.15, -0.1) is 0 Å². The fourth-order valence-electron chi connectivity index (χ4n) is 5.68. The molecule has 0 radical (unpaired) electrons. The maximum absolute atomic E-state index is 14.3. The molecule has 7 nitrogen and oxygen atoms in total. The van der Waals surface area contributed by atoms with E-state index < -0.39 is 29.3 Å². The van der Waals surface area contributed by atoms with Crippen LogP contribution < -0.4 is 20.0 Å². The van der Waals surface area contributed by atoms with Crippen LogP contribution in [0.1, 0.15) is 5.56 Å². The molecule has 35 heavy (non-hydrogen) atoms. The third-order valence-corrected chi connectivity index (χ3v) is 7.56. The summed E-state index contributed by atoms with van der Waals surface area (Å²) in [6.45, 7) is 1.86. The van der Waals surface area contributed by atoms with E-state index in [-0.39, 0.29) is 6.42 Å². The van der Waals surface area contributed by atoms with Crippen molar-refractivity contribution in [2.45, 2.75) is 12.5 Å². The van der Waals surface area contributed by atoms with Crippen molar-refractivity contribution in [2.75, 3.05) is 34.3 Å². The van der Waals surface area contributed by atoms with Crippen LogP contribution in [0.4, 0.5) is 21.9 Å². The van der Waals surface area contributed by atoms with Gasteiger partial charge in [0.2, 0.25) is 5.91 Å². The minimum Gasteiger partial charge on any atom is -0.368 e. The van der Waals surface area contributed by atoms with Crippen LogP contribution in [0.2, 0.25) is 5.02 Å². The lowest BCUT2D eigenvalue weighted by Gasteiger charge is -2.55. The monoisotopic (exact) mass is 486 g/mol. The van der Waals surface area contributed by atoms with Crippen molar-refractivity contribution in [1.82, 2.24) is 5.32 Å². The van der Waals surface area contributed by atoms with Crippen LogP contribution >= 0.6 is 11.6 Å². The van der Waals surface area contributed by atoms with E-state index in [0.29, 0.717) is 23.8 Å². The molecule has 0 saturated carbocycles. The second-order valence-corrected chi connectivity index (χ2v) is 9.58. The first-order valence-electron chi connectivity index (χ1n) is 11.6. The van der Waals surface area contributed by atoms with Crippen molar-refractivity contribution in [3.8, 4) is 0 Å². The zero-order valence-electron chi connectivity index (χ0n) is 18.9. The molecule has 1 spiro atoms. The largest absolute Gasteiger partial charge is 0.368 e. The molecule has 0 aliphatic carbocycles. The number of fused-ring (bicyclic) bond motifs is 4. The van der Waals surface area contributed by atoms with Gasteiger partial charge in [0.25, 0.3) is 5.91 Å². The van der Waals surface area contributed by atoms with E-state index >= 15 is 0 Å². The number of para-hydroxylation sites is 2. The Hall–Kier alpha value is -3.84. The van der Waals surface area contributed by atoms with Gasteiger partial charge in [-0.25, -0.2) is 9.69 Å². The molecular weight excluding hydrogens is 464 g/mol. The maximum atomic E-state index is 14.3. The van der Waals surface area contributed by atoms with Gasteiger partial charge in [-0.1, -0.05) is 54.1 Å². The van der Waals surface area contributed by atoms with E-state index in [9.17, 15) is 14.4 Å². The lowest BCUT2D eigenvalue weighted by Crippen LogP contribution is -2.75. The molecule has 3 aliphatic rings. The summed E-state index contributed by atoms with van der Waals surface area (Å²) in [6, 6.07) is 23.2. The molecule has 2 saturated heterocycles. The predicted octanol–water partition coefficient (Wildman–Crippen LogP) is 3.86. The number of carbonyl (C=O) groups excluding carboxylic acids is 3. The second kappa shape index (κ2) is 8.13. The zero-order valence-corrected chi connectivity index (χ0v) is 19.6. The minimum atomic E-state index is -1.47. The molecule has 1 N–H and O–H groups in total. The van der Waals surface area contributed by atoms with E-state index in [1.54, 1.807) is 24.3 Å². The van der Waals surface area contributed by atoms with Gasteiger partial charge in [-0.3, -0.25) is 14.9 Å². The highest BCUT2D eigenvalue weighted by Crippen LogP contribution is 2.46. The standard InChI is InChI=1S/C27H23ClN4O3/c28-19-8-6-11-21(15-19)32-25(34)27(24(33)29-26(32)35)16-18-7-4-5-12-22(18)31-14-13-30(17-23(27)31)20-9-2-1-3-10-20/h1-12,15,23H,13-14,16-17H2,(H,29,33,35)/t23?,27-/m1/s1. The minimum absolute atomic E-state index is 0.210. The van der Waals surface area contributed by atoms with E-state index in [1.807, 2.05) is 54.6 Å². The fraction of sp³-hybridized carbons (Fsp3) is 0.222. The molecular formula is C27H23ClN4O3. The number of nitrogens with one attached hydrogen (secondary N) is 1. The number of imide groups is 2. The zero-order chi connectivity index (χ0) is 24.2. The molecule has 3 aliphatic heterocycles. The van der Waals surface area contributed by atoms with Gasteiger partial charge >= 0.3 is 6.03 Å². The Morgan fingerprint density at radius 3 is 2.40 bits per heavy atom. The quantitative estimate of drug-likeness (QED) is 0.557. The summed E-state index contributed by atoms with van der Waals surface area (Å²) in [5, 5.41) is 2.90. The van der Waals surface area contributed by atoms with Crippen molar-refractivity contribution in [3.63, 3.8) is 0 Å². The predicted molar refractivity (Wildman–Crippen MR) is 135 cm³/mol. The number of hydrogen-bond donors (Lipinski definition) is 1. The molecule has 176 valence electrons. The highest BCUT2D eigenvalue weighted by Gasteiger charge is 2.63. The fourth-order valence-corrected chi connectivity index (χ4v) is 5.86. The van der Waals surface area contributed by atoms with Gasteiger partial charge in [0.15, 0.2) is 5.41 Å². The number of urea groups is 1. The number of barbiturate groups is 1. The number of rotatable bonds is 2. The summed E-state index contributed by atoms with van der Waals surface area (Å²) in [6.07, 6.45) is 0.210. The average molecular weight is 487 g/mol. The highest BCUT2D eigenvalue weighted by atomic mass is 35.5. The number of piperazine rings is 1. The van der Waals surface area contributed by atoms with Crippen LogP contribution in [-0.2, 0) is 16.0 Å². The number of halogens is 1. The highest BCUT2D eigenvalue weighted by molar-refractivity contribution is 6.33. The third kappa shape index (κ3) is 3.30. The molecule has 0 aromatic heterocycles. The van der Waals surface area contributed by atoms with Crippen molar-refractivity contribution < 1.29 is 14.4 Å². The summed E-state index contributed by atoms with van der Waals surface area (Å²) in [5.41, 5.74) is 1.85. The number of nitrogens with zero attached hydrogens (tertiary/aromatic N) is 3. The maximum Gasteiger partial charge on any atom is 0.335 e. The smallest absolute Gasteiger partial charge is 0.335 e. The van der Waals surface area contributed by atoms with Crippen molar-refractivity contribution in [1.29, 1.82) is 0 Å². The molecule has 2 atom stereocenters. The molecule has 1 unspecified atom stereocenters. The lowest BCUT2D eigenvalue weighted by molar-refractivity contribution is -0.144. The summed E-state index contributed by atoms with van der Waals surface area (Å²) in [7, 11) is 0. The van der Waals surface area contributed by atoms with Gasteiger partial charge in [-0.05, 0) is 48.4 Å². The first-order valence-corrected chi connectivity index (χ1v) is 12.0. The number of benzene rings is 3. The SMILES string of the molecule is O=C1NC(=O)[C@]2(Cc3ccccc3N3CCN(c4ccccc4)CC32)C(=O)N1c1cccc(Cl)c1. The van der Waals surface area contributed by atoms with E-state index in [1.165, 1.54) is 0 Å². The summed E-state index contributed by atoms with van der Waals surface area (Å²) >= 11 is 6.18. The second-order valence-electron chi connectivity index (χ2n) is 9.15. The third-order valence-electron chi connectivity index (χ3n) is 7.32. The normalized spacial score (nSPS) is 23.7. The van der Waals surface area contributed by atoms with Crippen LogP contribution in [0, 0.1) is 5.41 Å². The number of carbonyl (C=O) groups is 3. The Morgan fingerprint density at radius 1 is 0.857 bits per heavy atom. The van der Waals surface area contributed by atoms with Crippen LogP contribution in [0.25, 0.3) is 0 Å². The Kier molecular flexibility index (Phi) is 5.04. The van der Waals surface area contributed by atoms with Crippen molar-refractivity contribution >= 4 is 46.5 Å². The van der Waals surface area contributed by atoms with Crippen LogP contribution in [0.5, 0.6) is 0 Å². The van der Waals surface area contributed by atoms with Gasteiger partial charge in [-0.2, -0.15) is 0 Å².